The van der Waals surface area contributed by atoms with Crippen molar-refractivity contribution in [2.75, 3.05) is 17.2 Å². The number of nitrogens with one attached hydrogen (secondary N) is 1. The summed E-state index contributed by atoms with van der Waals surface area (Å²) in [5.74, 6) is 0.273. The maximum Gasteiger partial charge on any atom is 0.244 e. The number of rotatable bonds is 8. The molecule has 0 aromatic heterocycles. The fourth-order valence-corrected chi connectivity index (χ4v) is 4.00. The molecule has 1 amide bonds. The van der Waals surface area contributed by atoms with Gasteiger partial charge in [0.1, 0.15) is 11.8 Å². The molecule has 0 aliphatic rings. The Bertz CT molecular complexity index is 851. The predicted octanol–water partition coefficient (Wildman–Crippen LogP) is 3.12. The van der Waals surface area contributed by atoms with Crippen molar-refractivity contribution in [3.63, 3.8) is 0 Å². The fraction of sp³-hybridized carbons (Fsp3) is 0.350. The van der Waals surface area contributed by atoms with E-state index in [2.05, 4.69) is 5.32 Å². The van der Waals surface area contributed by atoms with Crippen LogP contribution >= 0.6 is 0 Å². The number of nitrogens with zero attached hydrogens (tertiary/aromatic N) is 1. The molecule has 0 spiro atoms. The van der Waals surface area contributed by atoms with E-state index in [1.165, 1.54) is 0 Å². The van der Waals surface area contributed by atoms with Crippen molar-refractivity contribution in [3.05, 3.63) is 60.2 Å². The lowest BCUT2D eigenvalue weighted by Gasteiger charge is -2.29. The van der Waals surface area contributed by atoms with Crippen LogP contribution in [0.3, 0.4) is 0 Å². The highest BCUT2D eigenvalue weighted by Crippen LogP contribution is 2.24. The molecule has 0 bridgehead atoms. The molecule has 2 atom stereocenters. The van der Waals surface area contributed by atoms with Gasteiger partial charge in [0.05, 0.1) is 24.6 Å². The molecule has 0 fully saturated rings. The summed E-state index contributed by atoms with van der Waals surface area (Å²) >= 11 is 0. The van der Waals surface area contributed by atoms with E-state index in [1.54, 1.807) is 31.2 Å². The Kier molecular flexibility index (Phi) is 6.85. The highest BCUT2D eigenvalue weighted by atomic mass is 32.2. The first kappa shape index (κ1) is 20.8. The van der Waals surface area contributed by atoms with Crippen molar-refractivity contribution < 1.29 is 17.9 Å². The SMILES string of the molecule is CCOc1ccc(N([C@@H](C)C(=O)N[C@H](C)c2ccccc2)S(C)(=O)=O)cc1. The van der Waals surface area contributed by atoms with Crippen molar-refractivity contribution in [3.8, 4) is 5.75 Å². The second kappa shape index (κ2) is 8.90. The summed E-state index contributed by atoms with van der Waals surface area (Å²) in [6.07, 6.45) is 1.09. The summed E-state index contributed by atoms with van der Waals surface area (Å²) in [5.41, 5.74) is 1.36. The van der Waals surface area contributed by atoms with Gasteiger partial charge in [-0.05, 0) is 50.6 Å². The smallest absolute Gasteiger partial charge is 0.244 e. The summed E-state index contributed by atoms with van der Waals surface area (Å²) in [6, 6.07) is 15.0. The molecule has 0 saturated heterocycles. The van der Waals surface area contributed by atoms with Crippen LogP contribution in [0.4, 0.5) is 5.69 Å². The third kappa shape index (κ3) is 5.47. The second-order valence-corrected chi connectivity index (χ2v) is 8.16. The lowest BCUT2D eigenvalue weighted by molar-refractivity contribution is -0.122. The molecule has 0 radical (unpaired) electrons. The zero-order valence-corrected chi connectivity index (χ0v) is 16.9. The van der Waals surface area contributed by atoms with Crippen molar-refractivity contribution in [1.29, 1.82) is 0 Å². The third-order valence-corrected chi connectivity index (χ3v) is 5.39. The molecule has 2 aromatic carbocycles. The third-order valence-electron chi connectivity index (χ3n) is 4.15. The van der Waals surface area contributed by atoms with E-state index in [4.69, 9.17) is 4.74 Å². The molecule has 146 valence electrons. The molecule has 1 N–H and O–H groups in total. The Morgan fingerprint density at radius 3 is 2.19 bits per heavy atom. The van der Waals surface area contributed by atoms with Crippen molar-refractivity contribution >= 4 is 21.6 Å². The van der Waals surface area contributed by atoms with Crippen LogP contribution in [0.15, 0.2) is 54.6 Å². The first-order valence-corrected chi connectivity index (χ1v) is 10.7. The minimum absolute atomic E-state index is 0.233. The monoisotopic (exact) mass is 390 g/mol. The van der Waals surface area contributed by atoms with Crippen LogP contribution in [0.1, 0.15) is 32.4 Å². The molecule has 0 heterocycles. The quantitative estimate of drug-likeness (QED) is 0.751. The number of amides is 1. The fourth-order valence-electron chi connectivity index (χ4n) is 2.82. The lowest BCUT2D eigenvalue weighted by Crippen LogP contribution is -2.48. The van der Waals surface area contributed by atoms with Gasteiger partial charge >= 0.3 is 0 Å². The van der Waals surface area contributed by atoms with Crippen LogP contribution in [0.25, 0.3) is 0 Å². The molecular weight excluding hydrogens is 364 g/mol. The number of hydrogen-bond donors (Lipinski definition) is 1. The Hall–Kier alpha value is -2.54. The van der Waals surface area contributed by atoms with E-state index in [1.807, 2.05) is 44.2 Å². The van der Waals surface area contributed by atoms with Crippen molar-refractivity contribution in [2.24, 2.45) is 0 Å². The van der Waals surface area contributed by atoms with Gasteiger partial charge in [0.2, 0.25) is 15.9 Å². The van der Waals surface area contributed by atoms with Gasteiger partial charge in [0, 0.05) is 0 Å². The standard InChI is InChI=1S/C20H26N2O4S/c1-5-26-19-13-11-18(12-14-19)22(27(4,24)25)16(3)20(23)21-15(2)17-9-7-6-8-10-17/h6-16H,5H2,1-4H3,(H,21,23)/t15-,16+/m1/s1. The Morgan fingerprint density at radius 2 is 1.67 bits per heavy atom. The Labute approximate surface area is 161 Å². The van der Waals surface area contributed by atoms with Gasteiger partial charge in [-0.15, -0.1) is 0 Å². The van der Waals surface area contributed by atoms with Gasteiger partial charge in [-0.25, -0.2) is 8.42 Å². The summed E-state index contributed by atoms with van der Waals surface area (Å²) in [6.45, 7) is 5.83. The molecule has 27 heavy (non-hydrogen) atoms. The number of benzene rings is 2. The second-order valence-electron chi connectivity index (χ2n) is 6.30. The number of anilines is 1. The van der Waals surface area contributed by atoms with Crippen molar-refractivity contribution in [2.45, 2.75) is 32.9 Å². The summed E-state index contributed by atoms with van der Waals surface area (Å²) in [7, 11) is -3.66. The van der Waals surface area contributed by atoms with Crippen LogP contribution in [0.2, 0.25) is 0 Å². The van der Waals surface area contributed by atoms with Crippen LogP contribution in [0.5, 0.6) is 5.75 Å². The summed E-state index contributed by atoms with van der Waals surface area (Å²) in [5, 5.41) is 2.88. The van der Waals surface area contributed by atoms with E-state index >= 15 is 0 Å². The average Bonchev–Trinajstić information content (AvgIpc) is 2.63. The van der Waals surface area contributed by atoms with E-state index in [0.717, 1.165) is 16.1 Å². The molecule has 0 unspecified atom stereocenters. The molecule has 2 aromatic rings. The molecule has 0 aliphatic carbocycles. The first-order valence-electron chi connectivity index (χ1n) is 8.81. The van der Waals surface area contributed by atoms with Crippen molar-refractivity contribution in [1.82, 2.24) is 5.32 Å². The van der Waals surface area contributed by atoms with E-state index < -0.39 is 16.1 Å². The maximum atomic E-state index is 12.7. The minimum Gasteiger partial charge on any atom is -0.494 e. The lowest BCUT2D eigenvalue weighted by atomic mass is 10.1. The number of sulfonamides is 1. The van der Waals surface area contributed by atoms with Crippen LogP contribution in [0, 0.1) is 0 Å². The molecular formula is C20H26N2O4S. The highest BCUT2D eigenvalue weighted by molar-refractivity contribution is 7.92. The number of hydrogen-bond acceptors (Lipinski definition) is 4. The van der Waals surface area contributed by atoms with Gasteiger partial charge in [-0.1, -0.05) is 30.3 Å². The number of carbonyl (C=O) groups excluding carboxylic acids is 1. The Morgan fingerprint density at radius 1 is 1.07 bits per heavy atom. The first-order chi connectivity index (χ1) is 12.7. The minimum atomic E-state index is -3.66. The predicted molar refractivity (Wildman–Crippen MR) is 107 cm³/mol. The molecule has 7 heteroatoms. The highest BCUT2D eigenvalue weighted by Gasteiger charge is 2.29. The Balaban J connectivity index is 2.21. The largest absolute Gasteiger partial charge is 0.494 e. The number of carbonyl (C=O) groups is 1. The van der Waals surface area contributed by atoms with Crippen LogP contribution in [-0.4, -0.2) is 33.2 Å². The normalized spacial score (nSPS) is 13.5. The molecule has 6 nitrogen and oxygen atoms in total. The van der Waals surface area contributed by atoms with Gasteiger partial charge in [-0.2, -0.15) is 0 Å². The van der Waals surface area contributed by atoms with E-state index in [0.29, 0.717) is 18.0 Å². The maximum absolute atomic E-state index is 12.7. The van der Waals surface area contributed by atoms with Gasteiger partial charge < -0.3 is 10.1 Å². The van der Waals surface area contributed by atoms with Gasteiger partial charge in [0.25, 0.3) is 0 Å². The zero-order valence-electron chi connectivity index (χ0n) is 16.0. The van der Waals surface area contributed by atoms with Crippen LogP contribution < -0.4 is 14.4 Å². The van der Waals surface area contributed by atoms with Crippen LogP contribution in [-0.2, 0) is 14.8 Å². The van der Waals surface area contributed by atoms with E-state index in [9.17, 15) is 13.2 Å². The topological polar surface area (TPSA) is 75.7 Å². The molecule has 0 saturated carbocycles. The number of ether oxygens (including phenoxy) is 1. The molecule has 0 aliphatic heterocycles. The summed E-state index contributed by atoms with van der Waals surface area (Å²) in [4.78, 5) is 12.7. The van der Waals surface area contributed by atoms with Gasteiger partial charge in [-0.3, -0.25) is 9.10 Å². The average molecular weight is 391 g/mol. The zero-order chi connectivity index (χ0) is 20.0. The van der Waals surface area contributed by atoms with E-state index in [-0.39, 0.29) is 11.9 Å². The van der Waals surface area contributed by atoms with Gasteiger partial charge in [0.15, 0.2) is 0 Å². The molecule has 2 rings (SSSR count). The summed E-state index contributed by atoms with van der Waals surface area (Å²) < 4.78 is 31.2.